The van der Waals surface area contributed by atoms with Crippen molar-refractivity contribution in [2.45, 2.75) is 39.3 Å². The minimum absolute atomic E-state index is 0.289. The first-order valence-electron chi connectivity index (χ1n) is 5.83. The van der Waals surface area contributed by atoms with Gasteiger partial charge < -0.3 is 9.64 Å². The average Bonchev–Trinajstić information content (AvgIpc) is 2.25. The molecule has 2 rings (SSSR count). The van der Waals surface area contributed by atoms with Crippen LogP contribution in [0.3, 0.4) is 0 Å². The maximum atomic E-state index is 12.0. The van der Waals surface area contributed by atoms with Crippen LogP contribution in [0.4, 0.5) is 4.79 Å². The maximum Gasteiger partial charge on any atom is 0.410 e. The molecule has 0 atom stereocenters. The molecule has 0 radical (unpaired) electrons. The summed E-state index contributed by atoms with van der Waals surface area (Å²) in [5.74, 6) is 0. The SMILES string of the molecule is CC(C)(C)OC(=O)N1CCc2cnc(Br)nc2C1. The van der Waals surface area contributed by atoms with Crippen LogP contribution in [-0.2, 0) is 17.7 Å². The molecule has 0 aromatic carbocycles. The third-order valence-corrected chi connectivity index (χ3v) is 2.95. The van der Waals surface area contributed by atoms with Crippen molar-refractivity contribution in [2.75, 3.05) is 6.54 Å². The van der Waals surface area contributed by atoms with Crippen molar-refractivity contribution in [3.63, 3.8) is 0 Å². The Kier molecular flexibility index (Phi) is 3.56. The molecule has 0 aliphatic carbocycles. The van der Waals surface area contributed by atoms with Gasteiger partial charge in [-0.05, 0) is 48.7 Å². The lowest BCUT2D eigenvalue weighted by Gasteiger charge is -2.30. The van der Waals surface area contributed by atoms with E-state index in [1.54, 1.807) is 11.1 Å². The first-order chi connectivity index (χ1) is 8.35. The van der Waals surface area contributed by atoms with Gasteiger partial charge in [-0.25, -0.2) is 14.8 Å². The number of fused-ring (bicyclic) bond motifs is 1. The number of halogens is 1. The number of carbonyl (C=O) groups excluding carboxylic acids is 1. The quantitative estimate of drug-likeness (QED) is 0.691. The predicted molar refractivity (Wildman–Crippen MR) is 70.1 cm³/mol. The molecule has 98 valence electrons. The zero-order chi connectivity index (χ0) is 13.3. The van der Waals surface area contributed by atoms with Gasteiger partial charge in [-0.15, -0.1) is 0 Å². The fourth-order valence-corrected chi connectivity index (χ4v) is 2.08. The fourth-order valence-electron chi connectivity index (χ4n) is 1.76. The summed E-state index contributed by atoms with van der Waals surface area (Å²) in [5, 5.41) is 0. The summed E-state index contributed by atoms with van der Waals surface area (Å²) in [7, 11) is 0. The highest BCUT2D eigenvalue weighted by atomic mass is 79.9. The molecular formula is C12H16BrN3O2. The molecule has 0 saturated heterocycles. The summed E-state index contributed by atoms with van der Waals surface area (Å²) in [6.07, 6.45) is 2.28. The van der Waals surface area contributed by atoms with Crippen molar-refractivity contribution in [3.05, 3.63) is 22.2 Å². The van der Waals surface area contributed by atoms with E-state index in [1.165, 1.54) is 0 Å². The smallest absolute Gasteiger partial charge is 0.410 e. The molecule has 1 aliphatic heterocycles. The zero-order valence-electron chi connectivity index (χ0n) is 10.7. The highest BCUT2D eigenvalue weighted by molar-refractivity contribution is 9.10. The average molecular weight is 314 g/mol. The van der Waals surface area contributed by atoms with Gasteiger partial charge in [0, 0.05) is 12.7 Å². The zero-order valence-corrected chi connectivity index (χ0v) is 12.3. The van der Waals surface area contributed by atoms with Gasteiger partial charge in [-0.1, -0.05) is 0 Å². The second kappa shape index (κ2) is 4.84. The lowest BCUT2D eigenvalue weighted by Crippen LogP contribution is -2.40. The Balaban J connectivity index is 2.09. The van der Waals surface area contributed by atoms with Crippen molar-refractivity contribution < 1.29 is 9.53 Å². The molecule has 0 spiro atoms. The number of nitrogens with zero attached hydrogens (tertiary/aromatic N) is 3. The molecule has 0 saturated carbocycles. The molecule has 1 aromatic rings. The Labute approximate surface area is 115 Å². The van der Waals surface area contributed by atoms with Crippen molar-refractivity contribution in [2.24, 2.45) is 0 Å². The number of aromatic nitrogens is 2. The summed E-state index contributed by atoms with van der Waals surface area (Å²) >= 11 is 3.24. The van der Waals surface area contributed by atoms with Gasteiger partial charge in [0.2, 0.25) is 0 Å². The van der Waals surface area contributed by atoms with E-state index >= 15 is 0 Å². The van der Waals surface area contributed by atoms with Gasteiger partial charge in [-0.2, -0.15) is 0 Å². The lowest BCUT2D eigenvalue weighted by atomic mass is 10.1. The van der Waals surface area contributed by atoms with Crippen LogP contribution in [0.2, 0.25) is 0 Å². The number of carbonyl (C=O) groups is 1. The molecule has 1 amide bonds. The minimum atomic E-state index is -0.469. The first kappa shape index (κ1) is 13.3. The van der Waals surface area contributed by atoms with Gasteiger partial charge >= 0.3 is 6.09 Å². The van der Waals surface area contributed by atoms with Crippen molar-refractivity contribution >= 4 is 22.0 Å². The second-order valence-corrected chi connectivity index (χ2v) is 5.97. The number of ether oxygens (including phenoxy) is 1. The third-order valence-electron chi connectivity index (χ3n) is 2.57. The van der Waals surface area contributed by atoms with Crippen LogP contribution in [0, 0.1) is 0 Å². The molecule has 6 heteroatoms. The highest BCUT2D eigenvalue weighted by Gasteiger charge is 2.26. The molecule has 1 aliphatic rings. The normalized spacial score (nSPS) is 15.2. The van der Waals surface area contributed by atoms with Gasteiger partial charge in [0.1, 0.15) is 5.60 Å². The Hall–Kier alpha value is -1.17. The Morgan fingerprint density at radius 1 is 1.50 bits per heavy atom. The largest absolute Gasteiger partial charge is 0.444 e. The summed E-state index contributed by atoms with van der Waals surface area (Å²) in [4.78, 5) is 22.0. The monoisotopic (exact) mass is 313 g/mol. The van der Waals surface area contributed by atoms with E-state index in [4.69, 9.17) is 4.74 Å². The minimum Gasteiger partial charge on any atom is -0.444 e. The summed E-state index contributed by atoms with van der Waals surface area (Å²) < 4.78 is 5.90. The van der Waals surface area contributed by atoms with E-state index in [-0.39, 0.29) is 6.09 Å². The molecule has 18 heavy (non-hydrogen) atoms. The van der Waals surface area contributed by atoms with Crippen molar-refractivity contribution in [1.29, 1.82) is 0 Å². The van der Waals surface area contributed by atoms with Crippen LogP contribution in [0.25, 0.3) is 0 Å². The van der Waals surface area contributed by atoms with Gasteiger partial charge in [0.25, 0.3) is 0 Å². The molecule has 0 unspecified atom stereocenters. The van der Waals surface area contributed by atoms with Gasteiger partial charge in [0.15, 0.2) is 4.73 Å². The maximum absolute atomic E-state index is 12.0. The van der Waals surface area contributed by atoms with E-state index in [0.29, 0.717) is 17.8 Å². The van der Waals surface area contributed by atoms with Crippen molar-refractivity contribution in [3.8, 4) is 0 Å². The Bertz CT molecular complexity index is 471. The van der Waals surface area contributed by atoms with E-state index in [1.807, 2.05) is 20.8 Å². The van der Waals surface area contributed by atoms with Crippen LogP contribution in [0.1, 0.15) is 32.0 Å². The van der Waals surface area contributed by atoms with E-state index in [9.17, 15) is 4.79 Å². The fraction of sp³-hybridized carbons (Fsp3) is 0.583. The van der Waals surface area contributed by atoms with Gasteiger partial charge in [0.05, 0.1) is 12.2 Å². The first-order valence-corrected chi connectivity index (χ1v) is 6.63. The Morgan fingerprint density at radius 3 is 2.89 bits per heavy atom. The summed E-state index contributed by atoms with van der Waals surface area (Å²) in [6.45, 7) is 6.71. The van der Waals surface area contributed by atoms with E-state index in [0.717, 1.165) is 17.7 Å². The molecule has 0 N–H and O–H groups in total. The van der Waals surface area contributed by atoms with Gasteiger partial charge in [-0.3, -0.25) is 0 Å². The molecule has 1 aromatic heterocycles. The van der Waals surface area contributed by atoms with E-state index < -0.39 is 5.60 Å². The Morgan fingerprint density at radius 2 is 2.22 bits per heavy atom. The molecule has 0 bridgehead atoms. The molecule has 0 fully saturated rings. The van der Waals surface area contributed by atoms with Crippen LogP contribution in [0.5, 0.6) is 0 Å². The number of hydrogen-bond donors (Lipinski definition) is 0. The molecule has 2 heterocycles. The topological polar surface area (TPSA) is 55.3 Å². The number of amides is 1. The highest BCUT2D eigenvalue weighted by Crippen LogP contribution is 2.20. The number of hydrogen-bond acceptors (Lipinski definition) is 4. The third kappa shape index (κ3) is 3.19. The van der Waals surface area contributed by atoms with Crippen LogP contribution >= 0.6 is 15.9 Å². The summed E-state index contributed by atoms with van der Waals surface area (Å²) in [6, 6.07) is 0. The van der Waals surface area contributed by atoms with Crippen LogP contribution < -0.4 is 0 Å². The lowest BCUT2D eigenvalue weighted by molar-refractivity contribution is 0.0220. The van der Waals surface area contributed by atoms with Crippen LogP contribution in [0.15, 0.2) is 10.9 Å². The standard InChI is InChI=1S/C12H16BrN3O2/c1-12(2,3)18-11(17)16-5-4-8-6-14-10(13)15-9(8)7-16/h6H,4-5,7H2,1-3H3. The second-order valence-electron chi connectivity index (χ2n) is 5.26. The summed E-state index contributed by atoms with van der Waals surface area (Å²) in [5.41, 5.74) is 1.51. The van der Waals surface area contributed by atoms with Crippen molar-refractivity contribution in [1.82, 2.24) is 14.9 Å². The molecular weight excluding hydrogens is 298 g/mol. The predicted octanol–water partition coefficient (Wildman–Crippen LogP) is 2.53. The van der Waals surface area contributed by atoms with Crippen LogP contribution in [-0.4, -0.2) is 33.1 Å². The molecule has 5 nitrogen and oxygen atoms in total. The van der Waals surface area contributed by atoms with E-state index in [2.05, 4.69) is 25.9 Å². The number of rotatable bonds is 0.